The number of aromatic nitrogens is 2. The summed E-state index contributed by atoms with van der Waals surface area (Å²) >= 11 is 0. The number of carbonyl (C=O) groups is 1. The molecule has 0 aromatic carbocycles. The second-order valence-corrected chi connectivity index (χ2v) is 5.92. The monoisotopic (exact) mass is 283 g/mol. The van der Waals surface area contributed by atoms with E-state index in [-0.39, 0.29) is 11.9 Å². The smallest absolute Gasteiger partial charge is 0.272 e. The molecule has 0 aromatic heterocycles. The summed E-state index contributed by atoms with van der Waals surface area (Å²) in [7, 11) is 0. The third-order valence-electron chi connectivity index (χ3n) is 4.46. The lowest BCUT2D eigenvalue weighted by Crippen LogP contribution is -2.39. The number of fused-ring (bicyclic) bond motifs is 1. The molecule has 1 saturated carbocycles. The molecule has 3 rings (SSSR count). The van der Waals surface area contributed by atoms with Gasteiger partial charge in [0, 0.05) is 11.6 Å². The molecule has 0 saturated heterocycles. The maximum absolute atomic E-state index is 12.5. The lowest BCUT2D eigenvalue weighted by Gasteiger charge is -2.28. The second-order valence-electron chi connectivity index (χ2n) is 5.92. The average molecular weight is 283 g/mol. The third kappa shape index (κ3) is 3.04. The summed E-state index contributed by atoms with van der Waals surface area (Å²) in [5.41, 5.74) is 2.01. The number of rotatable bonds is 3. The normalized spacial score (nSPS) is 17.6. The van der Waals surface area contributed by atoms with Crippen molar-refractivity contribution in [2.24, 2.45) is 5.92 Å². The molecule has 0 aromatic rings. The van der Waals surface area contributed by atoms with Crippen molar-refractivity contribution in [1.29, 1.82) is 0 Å². The maximum Gasteiger partial charge on any atom is 0.272 e. The first-order valence-corrected chi connectivity index (χ1v) is 7.78. The zero-order chi connectivity index (χ0) is 14.7. The quantitative estimate of drug-likeness (QED) is 0.940. The average Bonchev–Trinajstić information content (AvgIpc) is 2.77. The van der Waals surface area contributed by atoms with Crippen molar-refractivity contribution in [1.82, 2.24) is 15.5 Å². The van der Waals surface area contributed by atoms with Crippen LogP contribution in [0.15, 0.2) is 30.3 Å². The number of amides is 1. The van der Waals surface area contributed by atoms with Crippen LogP contribution in [0.1, 0.15) is 49.5 Å². The Labute approximate surface area is 125 Å². The van der Waals surface area contributed by atoms with Gasteiger partial charge in [-0.15, -0.1) is 10.2 Å². The molecule has 4 heteroatoms. The Morgan fingerprint density at radius 3 is 2.71 bits per heavy atom. The molecule has 1 heterocycles. The lowest BCUT2D eigenvalue weighted by molar-refractivity contribution is 0.0915. The largest absolute Gasteiger partial charge is 0.348 e. The van der Waals surface area contributed by atoms with E-state index in [4.69, 9.17) is 0 Å². The molecule has 1 atom stereocenters. The fourth-order valence-corrected chi connectivity index (χ4v) is 3.18. The van der Waals surface area contributed by atoms with E-state index >= 15 is 0 Å². The van der Waals surface area contributed by atoms with Gasteiger partial charge in [0.25, 0.3) is 5.91 Å². The Morgan fingerprint density at radius 2 is 1.90 bits per heavy atom. The van der Waals surface area contributed by atoms with Gasteiger partial charge in [0.05, 0.1) is 5.69 Å². The maximum atomic E-state index is 12.5. The Morgan fingerprint density at radius 1 is 1.14 bits per heavy atom. The lowest BCUT2D eigenvalue weighted by atomic mass is 9.84. The van der Waals surface area contributed by atoms with Gasteiger partial charge >= 0.3 is 0 Å². The zero-order valence-corrected chi connectivity index (χ0v) is 12.4. The van der Waals surface area contributed by atoms with Gasteiger partial charge in [0.15, 0.2) is 5.69 Å². The van der Waals surface area contributed by atoms with Gasteiger partial charge in [-0.1, -0.05) is 43.5 Å². The highest BCUT2D eigenvalue weighted by molar-refractivity contribution is 5.99. The molecule has 110 valence electrons. The Kier molecular flexibility index (Phi) is 4.13. The van der Waals surface area contributed by atoms with Gasteiger partial charge in [0.1, 0.15) is 0 Å². The van der Waals surface area contributed by atoms with E-state index < -0.39 is 0 Å². The molecule has 0 radical (unpaired) electrons. The van der Waals surface area contributed by atoms with Gasteiger partial charge in [-0.05, 0) is 31.7 Å². The number of hydrogen-bond donors (Lipinski definition) is 1. The molecule has 21 heavy (non-hydrogen) atoms. The Balaban J connectivity index is 1.73. The van der Waals surface area contributed by atoms with Crippen molar-refractivity contribution in [3.63, 3.8) is 0 Å². The van der Waals surface area contributed by atoms with Crippen LogP contribution < -0.4 is 5.32 Å². The third-order valence-corrected chi connectivity index (χ3v) is 4.46. The van der Waals surface area contributed by atoms with Crippen molar-refractivity contribution < 1.29 is 4.79 Å². The van der Waals surface area contributed by atoms with E-state index in [0.717, 1.165) is 11.3 Å². The SMILES string of the molecule is C[C@@H](NC(=O)c1nnc2cccccc1-2)C1CCCCC1. The summed E-state index contributed by atoms with van der Waals surface area (Å²) in [6, 6.07) is 9.71. The molecule has 0 spiro atoms. The minimum absolute atomic E-state index is 0.109. The van der Waals surface area contributed by atoms with Crippen LogP contribution in [0.2, 0.25) is 0 Å². The highest BCUT2D eigenvalue weighted by Gasteiger charge is 2.24. The van der Waals surface area contributed by atoms with E-state index in [0.29, 0.717) is 11.6 Å². The van der Waals surface area contributed by atoms with Crippen LogP contribution in [0.4, 0.5) is 0 Å². The Hall–Kier alpha value is -1.97. The van der Waals surface area contributed by atoms with Crippen LogP contribution in [0.5, 0.6) is 0 Å². The highest BCUT2D eigenvalue weighted by atomic mass is 16.2. The van der Waals surface area contributed by atoms with Crippen molar-refractivity contribution in [2.45, 2.75) is 45.1 Å². The predicted molar refractivity (Wildman–Crippen MR) is 82.2 cm³/mol. The van der Waals surface area contributed by atoms with Crippen molar-refractivity contribution >= 4 is 5.91 Å². The standard InChI is InChI=1S/C17H21N3O/c1-12(13-8-4-2-5-9-13)18-17(21)16-14-10-6-3-7-11-15(14)19-20-16/h3,6-7,10-13H,2,4-5,8-9H2,1H3,(H,18,21)/t12-/m1/s1. The summed E-state index contributed by atoms with van der Waals surface area (Å²) in [4.78, 5) is 12.5. The number of nitrogens with zero attached hydrogens (tertiary/aromatic N) is 2. The summed E-state index contributed by atoms with van der Waals surface area (Å²) < 4.78 is 0. The molecule has 3 aliphatic rings. The van der Waals surface area contributed by atoms with E-state index in [1.807, 2.05) is 30.3 Å². The van der Waals surface area contributed by atoms with Gasteiger partial charge < -0.3 is 5.32 Å². The van der Waals surface area contributed by atoms with E-state index in [1.165, 1.54) is 32.1 Å². The molecule has 1 aliphatic heterocycles. The number of hydrogen-bond acceptors (Lipinski definition) is 3. The van der Waals surface area contributed by atoms with Crippen molar-refractivity contribution in [2.75, 3.05) is 0 Å². The molecule has 1 fully saturated rings. The topological polar surface area (TPSA) is 54.9 Å². The minimum atomic E-state index is -0.109. The van der Waals surface area contributed by atoms with Crippen molar-refractivity contribution in [3.05, 3.63) is 36.0 Å². The molecule has 1 N–H and O–H groups in total. The molecular formula is C17H21N3O. The second kappa shape index (κ2) is 6.20. The van der Waals surface area contributed by atoms with Crippen LogP contribution in [-0.4, -0.2) is 22.1 Å². The molecule has 2 aliphatic carbocycles. The summed E-state index contributed by atoms with van der Waals surface area (Å²) in [6.45, 7) is 2.10. The van der Waals surface area contributed by atoms with Gasteiger partial charge in [-0.3, -0.25) is 4.79 Å². The first-order valence-electron chi connectivity index (χ1n) is 7.78. The molecule has 0 bridgehead atoms. The number of carbonyl (C=O) groups excluding carboxylic acids is 1. The summed E-state index contributed by atoms with van der Waals surface area (Å²) in [6.07, 6.45) is 6.31. The highest BCUT2D eigenvalue weighted by Crippen LogP contribution is 2.27. The molecule has 4 nitrogen and oxygen atoms in total. The van der Waals surface area contributed by atoms with Crippen LogP contribution in [0.25, 0.3) is 11.3 Å². The predicted octanol–water partition coefficient (Wildman–Crippen LogP) is 3.28. The van der Waals surface area contributed by atoms with Crippen LogP contribution in [0, 0.1) is 5.92 Å². The zero-order valence-electron chi connectivity index (χ0n) is 12.4. The van der Waals surface area contributed by atoms with Gasteiger partial charge in [-0.2, -0.15) is 0 Å². The summed E-state index contributed by atoms with van der Waals surface area (Å²) in [5, 5.41) is 11.3. The van der Waals surface area contributed by atoms with Gasteiger partial charge in [-0.25, -0.2) is 0 Å². The van der Waals surface area contributed by atoms with Crippen molar-refractivity contribution in [3.8, 4) is 11.3 Å². The van der Waals surface area contributed by atoms with E-state index in [1.54, 1.807) is 0 Å². The molecule has 0 unspecified atom stereocenters. The number of nitrogens with one attached hydrogen (secondary N) is 1. The van der Waals surface area contributed by atoms with Crippen LogP contribution in [-0.2, 0) is 0 Å². The fourth-order valence-electron chi connectivity index (χ4n) is 3.18. The van der Waals surface area contributed by atoms with E-state index in [2.05, 4.69) is 22.4 Å². The van der Waals surface area contributed by atoms with Crippen LogP contribution in [0.3, 0.4) is 0 Å². The first kappa shape index (κ1) is 14.0. The molecule has 1 amide bonds. The minimum Gasteiger partial charge on any atom is -0.348 e. The summed E-state index contributed by atoms with van der Waals surface area (Å²) in [5.74, 6) is 0.481. The fraction of sp³-hybridized carbons (Fsp3) is 0.471. The molecular weight excluding hydrogens is 262 g/mol. The Bertz CT molecular complexity index is 592. The van der Waals surface area contributed by atoms with E-state index in [9.17, 15) is 4.79 Å². The van der Waals surface area contributed by atoms with Gasteiger partial charge in [0.2, 0.25) is 0 Å². The first-order chi connectivity index (χ1) is 10.3. The van der Waals surface area contributed by atoms with Crippen LogP contribution >= 0.6 is 0 Å².